The Morgan fingerprint density at radius 2 is 2.06 bits per heavy atom. The van der Waals surface area contributed by atoms with Crippen molar-refractivity contribution < 1.29 is 13.6 Å². The van der Waals surface area contributed by atoms with Gasteiger partial charge in [-0.3, -0.25) is 0 Å². The van der Waals surface area contributed by atoms with Crippen molar-refractivity contribution in [2.45, 2.75) is 38.1 Å². The van der Waals surface area contributed by atoms with E-state index in [4.69, 9.17) is 10.9 Å². The average Bonchev–Trinajstić information content (AvgIpc) is 3.11. The zero-order valence-corrected chi connectivity index (χ0v) is 10.6. The molecule has 2 aliphatic rings. The monoisotopic (exact) mass is 261 g/mol. The van der Waals surface area contributed by atoms with Crippen LogP contribution in [0.4, 0.5) is 0 Å². The topological polar surface area (TPSA) is 96.0 Å². The maximum Gasteiger partial charge on any atom is 0.215 e. The molecule has 0 amide bonds. The zero-order chi connectivity index (χ0) is 12.5. The van der Waals surface area contributed by atoms with E-state index in [1.807, 2.05) is 0 Å². The molecule has 6 nitrogen and oxygen atoms in total. The van der Waals surface area contributed by atoms with Crippen LogP contribution in [0.5, 0.6) is 0 Å². The molecule has 0 radical (unpaired) electrons. The van der Waals surface area contributed by atoms with Crippen LogP contribution in [0, 0.1) is 5.92 Å². The van der Waals surface area contributed by atoms with E-state index in [1.54, 1.807) is 0 Å². The maximum atomic E-state index is 12.2. The molecule has 2 rings (SSSR count). The maximum absolute atomic E-state index is 12.2. The van der Waals surface area contributed by atoms with Crippen molar-refractivity contribution in [3.05, 3.63) is 0 Å². The Balaban J connectivity index is 2.14. The van der Waals surface area contributed by atoms with Gasteiger partial charge in [0.25, 0.3) is 0 Å². The van der Waals surface area contributed by atoms with Gasteiger partial charge in [-0.2, -0.15) is 4.31 Å². The molecule has 1 atom stereocenters. The van der Waals surface area contributed by atoms with Crippen LogP contribution < -0.4 is 5.73 Å². The Labute approximate surface area is 102 Å². The van der Waals surface area contributed by atoms with Gasteiger partial charge in [-0.15, -0.1) is 0 Å². The second-order valence-electron chi connectivity index (χ2n) is 4.87. The molecule has 0 aromatic carbocycles. The zero-order valence-electron chi connectivity index (χ0n) is 9.75. The number of amidine groups is 1. The predicted octanol–water partition coefficient (Wildman–Crippen LogP) is 0.327. The summed E-state index contributed by atoms with van der Waals surface area (Å²) in [6, 6.07) is -0.461. The largest absolute Gasteiger partial charge is 0.409 e. The highest BCUT2D eigenvalue weighted by atomic mass is 32.2. The second-order valence-corrected chi connectivity index (χ2v) is 6.84. The minimum absolute atomic E-state index is 0.00377. The molecule has 7 heteroatoms. The number of hydrogen-bond acceptors (Lipinski definition) is 4. The lowest BCUT2D eigenvalue weighted by molar-refractivity contribution is 0.281. The van der Waals surface area contributed by atoms with Crippen molar-refractivity contribution in [1.82, 2.24) is 4.31 Å². The van der Waals surface area contributed by atoms with E-state index < -0.39 is 16.1 Å². The first-order valence-corrected chi connectivity index (χ1v) is 7.62. The minimum Gasteiger partial charge on any atom is -0.409 e. The molecule has 0 bridgehead atoms. The van der Waals surface area contributed by atoms with E-state index in [9.17, 15) is 8.42 Å². The van der Waals surface area contributed by atoms with E-state index >= 15 is 0 Å². The Hall–Kier alpha value is -0.820. The standard InChI is InChI=1S/C10H19N3O3S/c11-10(12-14)9-3-1-2-6-13(9)17(15,16)7-8-4-5-8/h8-9,14H,1-7H2,(H2,11,12). The van der Waals surface area contributed by atoms with Gasteiger partial charge in [0.05, 0.1) is 11.8 Å². The molecule has 0 spiro atoms. The van der Waals surface area contributed by atoms with Gasteiger partial charge in [-0.05, 0) is 31.6 Å². The van der Waals surface area contributed by atoms with Crippen LogP contribution in [0.1, 0.15) is 32.1 Å². The van der Waals surface area contributed by atoms with Crippen molar-refractivity contribution >= 4 is 15.9 Å². The Morgan fingerprint density at radius 1 is 1.35 bits per heavy atom. The predicted molar refractivity (Wildman–Crippen MR) is 64.3 cm³/mol. The van der Waals surface area contributed by atoms with Crippen LogP contribution in [0.15, 0.2) is 5.16 Å². The summed E-state index contributed by atoms with van der Waals surface area (Å²) < 4.78 is 25.8. The lowest BCUT2D eigenvalue weighted by Crippen LogP contribution is -2.51. The van der Waals surface area contributed by atoms with Crippen LogP contribution in [-0.2, 0) is 10.0 Å². The smallest absolute Gasteiger partial charge is 0.215 e. The van der Waals surface area contributed by atoms with Gasteiger partial charge in [-0.1, -0.05) is 11.6 Å². The van der Waals surface area contributed by atoms with Crippen molar-refractivity contribution in [2.75, 3.05) is 12.3 Å². The van der Waals surface area contributed by atoms with Crippen molar-refractivity contribution in [3.8, 4) is 0 Å². The first kappa shape index (κ1) is 12.6. The van der Waals surface area contributed by atoms with Crippen LogP contribution in [-0.4, -0.2) is 42.1 Å². The highest BCUT2D eigenvalue weighted by molar-refractivity contribution is 7.89. The van der Waals surface area contributed by atoms with Gasteiger partial charge in [-0.25, -0.2) is 8.42 Å². The first-order chi connectivity index (χ1) is 8.04. The molecule has 1 unspecified atom stereocenters. The highest BCUT2D eigenvalue weighted by Crippen LogP contribution is 2.32. The molecule has 0 aromatic heterocycles. The van der Waals surface area contributed by atoms with Gasteiger partial charge < -0.3 is 10.9 Å². The van der Waals surface area contributed by atoms with E-state index in [0.29, 0.717) is 18.9 Å². The molecule has 0 aromatic rings. The summed E-state index contributed by atoms with van der Waals surface area (Å²) in [5, 5.41) is 11.7. The molecule has 3 N–H and O–H groups in total. The summed E-state index contributed by atoms with van der Waals surface area (Å²) in [6.07, 6.45) is 4.40. The third-order valence-corrected chi connectivity index (χ3v) is 5.46. The van der Waals surface area contributed by atoms with Crippen LogP contribution in [0.2, 0.25) is 0 Å². The van der Waals surface area contributed by atoms with E-state index in [1.165, 1.54) is 4.31 Å². The van der Waals surface area contributed by atoms with E-state index in [-0.39, 0.29) is 11.6 Å². The molecule has 1 saturated heterocycles. The van der Waals surface area contributed by atoms with Gasteiger partial charge in [0, 0.05) is 6.54 Å². The molecule has 1 aliphatic carbocycles. The Kier molecular flexibility index (Phi) is 3.58. The van der Waals surface area contributed by atoms with E-state index in [0.717, 1.165) is 25.7 Å². The van der Waals surface area contributed by atoms with Crippen molar-refractivity contribution in [2.24, 2.45) is 16.8 Å². The lowest BCUT2D eigenvalue weighted by Gasteiger charge is -2.33. The quantitative estimate of drug-likeness (QED) is 0.330. The highest BCUT2D eigenvalue weighted by Gasteiger charge is 2.38. The first-order valence-electron chi connectivity index (χ1n) is 6.01. The number of rotatable bonds is 4. The number of sulfonamides is 1. The van der Waals surface area contributed by atoms with Crippen molar-refractivity contribution in [1.29, 1.82) is 0 Å². The molecule has 98 valence electrons. The molecule has 2 fully saturated rings. The summed E-state index contributed by atoms with van der Waals surface area (Å²) in [4.78, 5) is 0. The summed E-state index contributed by atoms with van der Waals surface area (Å²) in [6.45, 7) is 0.482. The molecule has 1 aliphatic heterocycles. The fraction of sp³-hybridized carbons (Fsp3) is 0.900. The van der Waals surface area contributed by atoms with Crippen LogP contribution in [0.25, 0.3) is 0 Å². The summed E-state index contributed by atoms with van der Waals surface area (Å²) in [5.41, 5.74) is 5.58. The minimum atomic E-state index is -3.26. The molecule has 1 saturated carbocycles. The third kappa shape index (κ3) is 2.90. The van der Waals surface area contributed by atoms with Crippen LogP contribution in [0.3, 0.4) is 0 Å². The summed E-state index contributed by atoms with van der Waals surface area (Å²) in [5.74, 6) is 0.529. The Bertz CT molecular complexity index is 403. The van der Waals surface area contributed by atoms with Gasteiger partial charge >= 0.3 is 0 Å². The van der Waals surface area contributed by atoms with Crippen molar-refractivity contribution in [3.63, 3.8) is 0 Å². The fourth-order valence-corrected chi connectivity index (χ4v) is 4.41. The normalized spacial score (nSPS) is 28.2. The van der Waals surface area contributed by atoms with E-state index in [2.05, 4.69) is 5.16 Å². The molecular weight excluding hydrogens is 242 g/mol. The number of nitrogens with two attached hydrogens (primary N) is 1. The van der Waals surface area contributed by atoms with Gasteiger partial charge in [0.1, 0.15) is 0 Å². The van der Waals surface area contributed by atoms with Gasteiger partial charge in [0.15, 0.2) is 5.84 Å². The van der Waals surface area contributed by atoms with Crippen LogP contribution >= 0.6 is 0 Å². The molecular formula is C10H19N3O3S. The third-order valence-electron chi connectivity index (χ3n) is 3.41. The molecule has 1 heterocycles. The summed E-state index contributed by atoms with van der Waals surface area (Å²) >= 11 is 0. The number of oxime groups is 1. The number of piperidine rings is 1. The fourth-order valence-electron chi connectivity index (χ4n) is 2.28. The second kappa shape index (κ2) is 4.81. The molecule has 17 heavy (non-hydrogen) atoms. The SMILES string of the molecule is NC(=NO)C1CCCCN1S(=O)(=O)CC1CC1. The lowest BCUT2D eigenvalue weighted by atomic mass is 10.0. The van der Waals surface area contributed by atoms with Gasteiger partial charge in [0.2, 0.25) is 10.0 Å². The Morgan fingerprint density at radius 3 is 2.65 bits per heavy atom. The average molecular weight is 261 g/mol. The summed E-state index contributed by atoms with van der Waals surface area (Å²) in [7, 11) is -3.26. The number of nitrogens with zero attached hydrogens (tertiary/aromatic N) is 2. The number of hydrogen-bond donors (Lipinski definition) is 2.